The van der Waals surface area contributed by atoms with Crippen LogP contribution in [0.4, 0.5) is 4.79 Å². The molecule has 0 aliphatic heterocycles. The minimum absolute atomic E-state index is 0.0167. The van der Waals surface area contributed by atoms with Crippen LogP contribution in [0.3, 0.4) is 0 Å². The molecule has 0 fully saturated rings. The molecule has 0 aliphatic carbocycles. The molecule has 1 rings (SSSR count). The van der Waals surface area contributed by atoms with Crippen LogP contribution in [0.2, 0.25) is 0 Å². The number of alkyl carbamates (subject to hydrolysis) is 1. The highest BCUT2D eigenvalue weighted by molar-refractivity contribution is 6.37. The summed E-state index contributed by atoms with van der Waals surface area (Å²) in [4.78, 5) is 33.4. The topological polar surface area (TPSA) is 150 Å². The zero-order valence-corrected chi connectivity index (χ0v) is 15.5. The van der Waals surface area contributed by atoms with Crippen molar-refractivity contribution in [1.29, 1.82) is 10.8 Å². The number of rotatable bonds is 12. The molecule has 1 aromatic carbocycles. The summed E-state index contributed by atoms with van der Waals surface area (Å²) in [6.45, 7) is 5.45. The summed E-state index contributed by atoms with van der Waals surface area (Å²) in [6.07, 6.45) is -0.664. The Labute approximate surface area is 162 Å². The smallest absolute Gasteiger partial charge is 0.407 e. The van der Waals surface area contributed by atoms with Crippen molar-refractivity contribution in [2.75, 3.05) is 13.2 Å². The molecule has 1 atom stereocenters. The number of aldehydes is 2. The maximum Gasteiger partial charge on any atom is 0.407 e. The molecule has 28 heavy (non-hydrogen) atoms. The predicted octanol–water partition coefficient (Wildman–Crippen LogP) is 1.35. The Kier molecular flexibility index (Phi) is 9.41. The fourth-order valence-corrected chi connectivity index (χ4v) is 2.03. The SMILES string of the molecule is C=C(C)C(O)OCCCOC(=O)NCc1cc(C(=N)C=O)cc(C(=N)C=O)c1. The molecule has 0 heterocycles. The summed E-state index contributed by atoms with van der Waals surface area (Å²) < 4.78 is 10.0. The summed E-state index contributed by atoms with van der Waals surface area (Å²) in [6, 6.07) is 4.39. The van der Waals surface area contributed by atoms with Crippen molar-refractivity contribution in [2.45, 2.75) is 26.2 Å². The van der Waals surface area contributed by atoms with Gasteiger partial charge in [-0.15, -0.1) is 0 Å². The van der Waals surface area contributed by atoms with Crippen molar-refractivity contribution < 1.29 is 29.0 Å². The van der Waals surface area contributed by atoms with E-state index in [1.807, 2.05) is 0 Å². The maximum absolute atomic E-state index is 11.7. The molecule has 150 valence electrons. The molecule has 0 saturated heterocycles. The minimum Gasteiger partial charge on any atom is -0.449 e. The summed E-state index contributed by atoms with van der Waals surface area (Å²) in [5.74, 6) is 0. The van der Waals surface area contributed by atoms with Crippen LogP contribution in [0.25, 0.3) is 0 Å². The quantitative estimate of drug-likeness (QED) is 0.139. The Morgan fingerprint density at radius 2 is 1.75 bits per heavy atom. The summed E-state index contributed by atoms with van der Waals surface area (Å²) in [5, 5.41) is 27.1. The van der Waals surface area contributed by atoms with E-state index in [2.05, 4.69) is 11.9 Å². The average Bonchev–Trinajstić information content (AvgIpc) is 2.70. The highest BCUT2D eigenvalue weighted by Gasteiger charge is 2.10. The Bertz CT molecular complexity index is 737. The van der Waals surface area contributed by atoms with E-state index in [0.29, 0.717) is 30.1 Å². The summed E-state index contributed by atoms with van der Waals surface area (Å²) in [5.41, 5.74) is 0.832. The van der Waals surface area contributed by atoms with E-state index < -0.39 is 12.4 Å². The molecule has 4 N–H and O–H groups in total. The first kappa shape index (κ1) is 22.9. The third-order valence-corrected chi connectivity index (χ3v) is 3.51. The standard InChI is InChI=1S/C19H23N3O6/c1-12(2)18(25)27-4-3-5-28-19(26)22-9-13-6-14(16(20)10-23)8-15(7-13)17(21)11-24/h6-8,10-11,18,20-21,25H,1,3-5,9H2,2H3,(H,22,26). The summed E-state index contributed by atoms with van der Waals surface area (Å²) >= 11 is 0. The van der Waals surface area contributed by atoms with E-state index in [-0.39, 0.29) is 42.3 Å². The molecule has 1 aromatic rings. The van der Waals surface area contributed by atoms with E-state index >= 15 is 0 Å². The molecular weight excluding hydrogens is 366 g/mol. The van der Waals surface area contributed by atoms with Gasteiger partial charge in [0.1, 0.15) is 11.4 Å². The number of nitrogens with one attached hydrogen (secondary N) is 3. The number of ether oxygens (including phenoxy) is 2. The minimum atomic E-state index is -1.05. The normalized spacial score (nSPS) is 11.2. The van der Waals surface area contributed by atoms with Crippen molar-refractivity contribution in [1.82, 2.24) is 5.32 Å². The van der Waals surface area contributed by atoms with Gasteiger partial charge in [0, 0.05) is 24.1 Å². The van der Waals surface area contributed by atoms with E-state index in [0.717, 1.165) is 0 Å². The number of benzene rings is 1. The molecule has 0 saturated carbocycles. The van der Waals surface area contributed by atoms with Crippen molar-refractivity contribution in [3.63, 3.8) is 0 Å². The van der Waals surface area contributed by atoms with Gasteiger partial charge in [-0.1, -0.05) is 6.58 Å². The van der Waals surface area contributed by atoms with Gasteiger partial charge in [0.2, 0.25) is 0 Å². The lowest BCUT2D eigenvalue weighted by Gasteiger charge is -2.12. The molecule has 9 nitrogen and oxygen atoms in total. The second kappa shape index (κ2) is 11.5. The van der Waals surface area contributed by atoms with Gasteiger partial charge >= 0.3 is 6.09 Å². The van der Waals surface area contributed by atoms with Gasteiger partial charge in [-0.3, -0.25) is 20.4 Å². The van der Waals surface area contributed by atoms with Gasteiger partial charge in [0.25, 0.3) is 0 Å². The van der Waals surface area contributed by atoms with Crippen LogP contribution in [0.1, 0.15) is 30.0 Å². The molecule has 1 unspecified atom stereocenters. The van der Waals surface area contributed by atoms with Crippen LogP contribution in [-0.4, -0.2) is 54.7 Å². The molecule has 0 spiro atoms. The first-order chi connectivity index (χ1) is 13.3. The highest BCUT2D eigenvalue weighted by Crippen LogP contribution is 2.12. The largest absolute Gasteiger partial charge is 0.449 e. The lowest BCUT2D eigenvalue weighted by molar-refractivity contribution is -0.103. The van der Waals surface area contributed by atoms with E-state index in [4.69, 9.17) is 20.3 Å². The predicted molar refractivity (Wildman–Crippen MR) is 102 cm³/mol. The number of aliphatic hydroxyl groups is 1. The Hall–Kier alpha value is -3.17. The maximum atomic E-state index is 11.7. The fourth-order valence-electron chi connectivity index (χ4n) is 2.03. The molecule has 1 amide bonds. The van der Waals surface area contributed by atoms with Crippen LogP contribution in [-0.2, 0) is 25.6 Å². The van der Waals surface area contributed by atoms with Crippen LogP contribution in [0.15, 0.2) is 30.4 Å². The molecule has 0 bridgehead atoms. The van der Waals surface area contributed by atoms with Crippen LogP contribution < -0.4 is 5.32 Å². The van der Waals surface area contributed by atoms with Crippen molar-refractivity contribution in [3.05, 3.63) is 47.0 Å². The number of hydrogen-bond donors (Lipinski definition) is 4. The second-order valence-electron chi connectivity index (χ2n) is 5.89. The van der Waals surface area contributed by atoms with Crippen LogP contribution in [0.5, 0.6) is 0 Å². The van der Waals surface area contributed by atoms with Gasteiger partial charge in [-0.25, -0.2) is 4.79 Å². The van der Waals surface area contributed by atoms with Gasteiger partial charge in [0.15, 0.2) is 18.9 Å². The summed E-state index contributed by atoms with van der Waals surface area (Å²) in [7, 11) is 0. The lowest BCUT2D eigenvalue weighted by atomic mass is 10.0. The zero-order valence-electron chi connectivity index (χ0n) is 15.5. The van der Waals surface area contributed by atoms with Gasteiger partial charge in [-0.05, 0) is 36.3 Å². The fraction of sp³-hybridized carbons (Fsp3) is 0.316. The first-order valence-corrected chi connectivity index (χ1v) is 8.36. The van der Waals surface area contributed by atoms with Crippen LogP contribution >= 0.6 is 0 Å². The molecular formula is C19H23N3O6. The van der Waals surface area contributed by atoms with Crippen molar-refractivity contribution in [2.24, 2.45) is 0 Å². The number of aliphatic hydroxyl groups excluding tert-OH is 1. The van der Waals surface area contributed by atoms with Crippen molar-refractivity contribution in [3.8, 4) is 0 Å². The number of carbonyl (C=O) groups excluding carboxylic acids is 3. The second-order valence-corrected chi connectivity index (χ2v) is 5.89. The Morgan fingerprint density at radius 3 is 2.25 bits per heavy atom. The van der Waals surface area contributed by atoms with Gasteiger partial charge < -0.3 is 19.9 Å². The molecule has 9 heteroatoms. The van der Waals surface area contributed by atoms with Crippen LogP contribution in [0, 0.1) is 10.8 Å². The first-order valence-electron chi connectivity index (χ1n) is 8.36. The van der Waals surface area contributed by atoms with E-state index in [1.165, 1.54) is 18.2 Å². The van der Waals surface area contributed by atoms with Gasteiger partial charge in [0.05, 0.1) is 13.2 Å². The van der Waals surface area contributed by atoms with E-state index in [9.17, 15) is 19.5 Å². The monoisotopic (exact) mass is 389 g/mol. The third kappa shape index (κ3) is 7.60. The molecule has 0 aromatic heterocycles. The molecule has 0 aliphatic rings. The number of hydrogen-bond acceptors (Lipinski definition) is 8. The number of carbonyl (C=O) groups is 3. The number of amides is 1. The average molecular weight is 389 g/mol. The van der Waals surface area contributed by atoms with Gasteiger partial charge in [-0.2, -0.15) is 0 Å². The zero-order chi connectivity index (χ0) is 21.1. The van der Waals surface area contributed by atoms with E-state index in [1.54, 1.807) is 6.92 Å². The highest BCUT2D eigenvalue weighted by atomic mass is 16.6. The Morgan fingerprint density at radius 1 is 1.18 bits per heavy atom. The Balaban J connectivity index is 2.56. The third-order valence-electron chi connectivity index (χ3n) is 3.51. The van der Waals surface area contributed by atoms with Crippen molar-refractivity contribution >= 4 is 30.1 Å². The lowest BCUT2D eigenvalue weighted by Crippen LogP contribution is -2.25. The molecule has 0 radical (unpaired) electrons.